The number of rotatable bonds is 4. The van der Waals surface area contributed by atoms with Gasteiger partial charge in [0.2, 0.25) is 5.91 Å². The van der Waals surface area contributed by atoms with E-state index in [1.54, 1.807) is 24.0 Å². The van der Waals surface area contributed by atoms with Crippen LogP contribution in [-0.4, -0.2) is 28.8 Å². The van der Waals surface area contributed by atoms with E-state index in [-0.39, 0.29) is 11.8 Å². The molecule has 1 saturated heterocycles. The first kappa shape index (κ1) is 18.2. The molecule has 1 aliphatic heterocycles. The van der Waals surface area contributed by atoms with Crippen molar-refractivity contribution in [1.82, 2.24) is 15.1 Å². The van der Waals surface area contributed by atoms with E-state index in [2.05, 4.69) is 10.4 Å². The number of hydrogen-bond acceptors (Lipinski definition) is 4. The van der Waals surface area contributed by atoms with Crippen molar-refractivity contribution < 1.29 is 9.18 Å². The van der Waals surface area contributed by atoms with Crippen molar-refractivity contribution in [2.45, 2.75) is 19.4 Å². The fourth-order valence-corrected chi connectivity index (χ4v) is 3.44. The molecule has 3 rings (SSSR count). The van der Waals surface area contributed by atoms with Crippen molar-refractivity contribution in [3.63, 3.8) is 0 Å². The fraction of sp³-hybridized carbons (Fsp3) is 0.389. The van der Waals surface area contributed by atoms with Gasteiger partial charge in [-0.3, -0.25) is 9.48 Å². The number of benzene rings is 1. The predicted molar refractivity (Wildman–Crippen MR) is 96.1 cm³/mol. The Morgan fingerprint density at radius 1 is 1.46 bits per heavy atom. The summed E-state index contributed by atoms with van der Waals surface area (Å²) in [5, 5.41) is 16.8. The first-order valence-electron chi connectivity index (χ1n) is 8.38. The van der Waals surface area contributed by atoms with Crippen LogP contribution >= 0.6 is 11.6 Å². The van der Waals surface area contributed by atoms with Gasteiger partial charge in [0.15, 0.2) is 0 Å². The summed E-state index contributed by atoms with van der Waals surface area (Å²) in [5.41, 5.74) is 1.68. The van der Waals surface area contributed by atoms with Crippen LogP contribution in [0, 0.1) is 23.1 Å². The average Bonchev–Trinajstić information content (AvgIpc) is 2.97. The second kappa shape index (κ2) is 7.75. The van der Waals surface area contributed by atoms with Crippen LogP contribution in [0.1, 0.15) is 24.1 Å². The smallest absolute Gasteiger partial charge is 0.223 e. The van der Waals surface area contributed by atoms with Gasteiger partial charge in [-0.05, 0) is 31.0 Å². The summed E-state index contributed by atoms with van der Waals surface area (Å²) < 4.78 is 14.9. The third kappa shape index (κ3) is 3.97. The van der Waals surface area contributed by atoms with Crippen molar-refractivity contribution in [1.29, 1.82) is 5.26 Å². The number of nitrogens with one attached hydrogen (secondary N) is 1. The summed E-state index contributed by atoms with van der Waals surface area (Å²) in [6.07, 6.45) is 3.03. The molecule has 0 saturated carbocycles. The summed E-state index contributed by atoms with van der Waals surface area (Å²) in [6.45, 7) is 1.58. The van der Waals surface area contributed by atoms with E-state index in [9.17, 15) is 14.4 Å². The number of halogens is 2. The third-order valence-electron chi connectivity index (χ3n) is 4.57. The maximum atomic E-state index is 13.3. The molecule has 6 nitrogen and oxygen atoms in total. The van der Waals surface area contributed by atoms with Gasteiger partial charge in [0.25, 0.3) is 0 Å². The van der Waals surface area contributed by atoms with Crippen LogP contribution < -0.4 is 10.2 Å². The molecular weight excluding hydrogens is 357 g/mol. The van der Waals surface area contributed by atoms with Gasteiger partial charge in [0, 0.05) is 32.3 Å². The molecule has 1 amide bonds. The highest BCUT2D eigenvalue weighted by molar-refractivity contribution is 6.31. The van der Waals surface area contributed by atoms with Gasteiger partial charge in [-0.15, -0.1) is 0 Å². The summed E-state index contributed by atoms with van der Waals surface area (Å²) in [5.74, 6) is -0.543. The van der Waals surface area contributed by atoms with Gasteiger partial charge >= 0.3 is 0 Å². The number of aromatic nitrogens is 2. The molecule has 0 atom stereocenters. The maximum absolute atomic E-state index is 13.3. The molecule has 1 N–H and O–H groups in total. The molecule has 0 unspecified atom stereocenters. The molecule has 8 heteroatoms. The lowest BCUT2D eigenvalue weighted by atomic mass is 9.95. The van der Waals surface area contributed by atoms with Crippen LogP contribution in [-0.2, 0) is 18.4 Å². The second-order valence-corrected chi connectivity index (χ2v) is 6.76. The molecule has 0 aliphatic carbocycles. The van der Waals surface area contributed by atoms with Crippen molar-refractivity contribution in [3.8, 4) is 6.07 Å². The molecule has 1 fully saturated rings. The van der Waals surface area contributed by atoms with Crippen LogP contribution in [0.2, 0.25) is 5.02 Å². The molecule has 2 heterocycles. The Labute approximate surface area is 156 Å². The van der Waals surface area contributed by atoms with Crippen LogP contribution in [0.4, 0.5) is 10.1 Å². The molecule has 0 radical (unpaired) electrons. The number of amides is 1. The molecule has 1 aromatic carbocycles. The number of hydrogen-bond donors (Lipinski definition) is 1. The van der Waals surface area contributed by atoms with Crippen molar-refractivity contribution in [3.05, 3.63) is 46.5 Å². The second-order valence-electron chi connectivity index (χ2n) is 6.35. The zero-order valence-electron chi connectivity index (χ0n) is 14.4. The van der Waals surface area contributed by atoms with E-state index in [0.717, 1.165) is 0 Å². The minimum Gasteiger partial charge on any atom is -0.370 e. The summed E-state index contributed by atoms with van der Waals surface area (Å²) in [7, 11) is 1.78. The normalized spacial score (nSPS) is 14.9. The van der Waals surface area contributed by atoms with E-state index in [1.807, 2.05) is 11.0 Å². The van der Waals surface area contributed by atoms with E-state index in [0.29, 0.717) is 54.4 Å². The monoisotopic (exact) mass is 375 g/mol. The van der Waals surface area contributed by atoms with E-state index < -0.39 is 5.82 Å². The molecular formula is C18H19ClFN5O. The van der Waals surface area contributed by atoms with Gasteiger partial charge in [0.05, 0.1) is 22.8 Å². The number of piperidine rings is 1. The van der Waals surface area contributed by atoms with Crippen LogP contribution in [0.3, 0.4) is 0 Å². The van der Waals surface area contributed by atoms with Crippen LogP contribution in [0.15, 0.2) is 24.4 Å². The zero-order chi connectivity index (χ0) is 18.7. The van der Waals surface area contributed by atoms with Gasteiger partial charge in [-0.25, -0.2) is 4.39 Å². The lowest BCUT2D eigenvalue weighted by Gasteiger charge is -2.33. The number of nitrogens with zero attached hydrogens (tertiary/aromatic N) is 4. The van der Waals surface area contributed by atoms with Crippen LogP contribution in [0.5, 0.6) is 0 Å². The molecule has 2 aromatic rings. The predicted octanol–water partition coefficient (Wildman–Crippen LogP) is 2.62. The fourth-order valence-electron chi connectivity index (χ4n) is 3.20. The number of anilines is 1. The number of aryl methyl sites for hydroxylation is 1. The summed E-state index contributed by atoms with van der Waals surface area (Å²) in [6, 6.07) is 6.25. The summed E-state index contributed by atoms with van der Waals surface area (Å²) in [4.78, 5) is 14.4. The first-order valence-corrected chi connectivity index (χ1v) is 8.76. The van der Waals surface area contributed by atoms with E-state index in [4.69, 9.17) is 11.6 Å². The van der Waals surface area contributed by atoms with E-state index in [1.165, 1.54) is 12.1 Å². The zero-order valence-corrected chi connectivity index (χ0v) is 15.1. The minimum absolute atomic E-state index is 0.0222. The Balaban J connectivity index is 1.56. The Morgan fingerprint density at radius 2 is 2.19 bits per heavy atom. The molecule has 26 heavy (non-hydrogen) atoms. The Kier molecular flexibility index (Phi) is 5.43. The largest absolute Gasteiger partial charge is 0.370 e. The SMILES string of the molecule is Cn1cc(Cl)c(CNC(=O)C2CCN(c3ccc(F)cc3C#N)CC2)n1. The van der Waals surface area contributed by atoms with Gasteiger partial charge in [-0.1, -0.05) is 11.6 Å². The molecule has 0 spiro atoms. The highest BCUT2D eigenvalue weighted by atomic mass is 35.5. The Hall–Kier alpha value is -2.59. The number of carbonyl (C=O) groups is 1. The van der Waals surface area contributed by atoms with E-state index >= 15 is 0 Å². The molecule has 136 valence electrons. The minimum atomic E-state index is -0.423. The number of carbonyl (C=O) groups excluding carboxylic acids is 1. The standard InChI is InChI=1S/C18H19ClFN5O/c1-24-11-15(19)16(23-24)10-22-18(26)12-4-6-25(7-5-12)17-3-2-14(20)8-13(17)9-21/h2-3,8,11-12H,4-7,10H2,1H3,(H,22,26). The lowest BCUT2D eigenvalue weighted by molar-refractivity contribution is -0.125. The quantitative estimate of drug-likeness (QED) is 0.891. The third-order valence-corrected chi connectivity index (χ3v) is 4.89. The highest BCUT2D eigenvalue weighted by Crippen LogP contribution is 2.27. The molecule has 1 aliphatic rings. The topological polar surface area (TPSA) is 74.0 Å². The van der Waals surface area contributed by atoms with Gasteiger partial charge < -0.3 is 10.2 Å². The molecule has 0 bridgehead atoms. The average molecular weight is 376 g/mol. The Bertz CT molecular complexity index is 852. The van der Waals surface area contributed by atoms with Gasteiger partial charge in [0.1, 0.15) is 17.6 Å². The Morgan fingerprint density at radius 3 is 2.81 bits per heavy atom. The lowest BCUT2D eigenvalue weighted by Crippen LogP contribution is -2.40. The molecule has 1 aromatic heterocycles. The van der Waals surface area contributed by atoms with Crippen molar-refractivity contribution >= 4 is 23.2 Å². The summed E-state index contributed by atoms with van der Waals surface area (Å²) >= 11 is 6.05. The number of nitriles is 1. The first-order chi connectivity index (χ1) is 12.5. The van der Waals surface area contributed by atoms with Crippen LogP contribution in [0.25, 0.3) is 0 Å². The maximum Gasteiger partial charge on any atom is 0.223 e. The van der Waals surface area contributed by atoms with Crippen molar-refractivity contribution in [2.24, 2.45) is 13.0 Å². The van der Waals surface area contributed by atoms with Crippen molar-refractivity contribution in [2.75, 3.05) is 18.0 Å². The van der Waals surface area contributed by atoms with Gasteiger partial charge in [-0.2, -0.15) is 10.4 Å². The highest BCUT2D eigenvalue weighted by Gasteiger charge is 2.26.